The van der Waals surface area contributed by atoms with E-state index in [-0.39, 0.29) is 24.5 Å². The number of ether oxygens (including phenoxy) is 2. The summed E-state index contributed by atoms with van der Waals surface area (Å²) in [5.74, 6) is 1.19. The fourth-order valence-corrected chi connectivity index (χ4v) is 3.45. The van der Waals surface area contributed by atoms with E-state index >= 15 is 0 Å². The van der Waals surface area contributed by atoms with E-state index in [0.29, 0.717) is 37.2 Å². The zero-order valence-corrected chi connectivity index (χ0v) is 16.5. The summed E-state index contributed by atoms with van der Waals surface area (Å²) < 4.78 is 10.9. The van der Waals surface area contributed by atoms with E-state index in [1.165, 1.54) is 6.42 Å². The van der Waals surface area contributed by atoms with Crippen molar-refractivity contribution in [2.75, 3.05) is 6.61 Å². The minimum atomic E-state index is -0.232. The van der Waals surface area contributed by atoms with E-state index < -0.39 is 0 Å². The van der Waals surface area contributed by atoms with Gasteiger partial charge in [-0.05, 0) is 49.9 Å². The average Bonchev–Trinajstić information content (AvgIpc) is 2.54. The second-order valence-electron chi connectivity index (χ2n) is 7.60. The fraction of sp³-hybridized carbons (Fsp3) is 0.810. The van der Waals surface area contributed by atoms with Gasteiger partial charge in [-0.2, -0.15) is 0 Å². The van der Waals surface area contributed by atoms with Crippen molar-refractivity contribution >= 4 is 11.9 Å². The Morgan fingerprint density at radius 3 is 2.52 bits per heavy atom. The average molecular weight is 353 g/mol. The van der Waals surface area contributed by atoms with E-state index in [4.69, 9.17) is 9.47 Å². The molecule has 144 valence electrons. The van der Waals surface area contributed by atoms with Gasteiger partial charge in [0.1, 0.15) is 6.10 Å². The molecule has 1 rings (SSSR count). The monoisotopic (exact) mass is 352 g/mol. The second kappa shape index (κ2) is 12.1. The molecule has 1 fully saturated rings. The third-order valence-corrected chi connectivity index (χ3v) is 4.96. The summed E-state index contributed by atoms with van der Waals surface area (Å²) in [6, 6.07) is 0. The molecule has 4 heteroatoms. The summed E-state index contributed by atoms with van der Waals surface area (Å²) in [5.41, 5.74) is 0. The van der Waals surface area contributed by atoms with Crippen LogP contribution < -0.4 is 0 Å². The molecule has 0 radical (unpaired) electrons. The van der Waals surface area contributed by atoms with E-state index in [0.717, 1.165) is 25.7 Å². The Morgan fingerprint density at radius 1 is 1.12 bits per heavy atom. The van der Waals surface area contributed by atoms with Crippen LogP contribution in [0.1, 0.15) is 79.1 Å². The number of rotatable bonds is 10. The molecule has 0 aromatic heterocycles. The van der Waals surface area contributed by atoms with Gasteiger partial charge in [0.15, 0.2) is 0 Å². The standard InChI is InChI=1S/C21H36O4/c1-5-6-7-8-14-24-20(22)10-9-11-21(23)25-19-15-17(4)12-13-18(19)16(2)3/h6-7,16-19H,5,8-15H2,1-4H3/b7-6-/t17-,18+,19-/m0/s1. The Labute approximate surface area is 153 Å². The van der Waals surface area contributed by atoms with Crippen LogP contribution >= 0.6 is 0 Å². The maximum Gasteiger partial charge on any atom is 0.306 e. The number of hydrogen-bond acceptors (Lipinski definition) is 4. The number of carbonyl (C=O) groups is 2. The van der Waals surface area contributed by atoms with Crippen LogP contribution in [-0.2, 0) is 19.1 Å². The molecule has 25 heavy (non-hydrogen) atoms. The lowest BCUT2D eigenvalue weighted by Gasteiger charge is -2.36. The minimum Gasteiger partial charge on any atom is -0.465 e. The number of hydrogen-bond donors (Lipinski definition) is 0. The van der Waals surface area contributed by atoms with Crippen molar-refractivity contribution in [3.8, 4) is 0 Å². The quantitative estimate of drug-likeness (QED) is 0.313. The first kappa shape index (κ1) is 21.7. The first-order valence-corrected chi connectivity index (χ1v) is 9.94. The molecule has 0 N–H and O–H groups in total. The van der Waals surface area contributed by atoms with Crippen molar-refractivity contribution in [1.82, 2.24) is 0 Å². The van der Waals surface area contributed by atoms with Gasteiger partial charge in [-0.15, -0.1) is 0 Å². The third-order valence-electron chi connectivity index (χ3n) is 4.96. The molecule has 0 amide bonds. The van der Waals surface area contributed by atoms with Crippen LogP contribution in [0.25, 0.3) is 0 Å². The molecule has 0 spiro atoms. The van der Waals surface area contributed by atoms with Gasteiger partial charge in [0.2, 0.25) is 0 Å². The normalized spacial score (nSPS) is 23.8. The summed E-state index contributed by atoms with van der Waals surface area (Å²) in [6.07, 6.45) is 10.2. The lowest BCUT2D eigenvalue weighted by molar-refractivity contribution is -0.156. The number of esters is 2. The molecule has 0 saturated heterocycles. The van der Waals surface area contributed by atoms with Gasteiger partial charge in [-0.3, -0.25) is 9.59 Å². The van der Waals surface area contributed by atoms with Crippen LogP contribution in [0.3, 0.4) is 0 Å². The molecule has 3 atom stereocenters. The van der Waals surface area contributed by atoms with E-state index in [9.17, 15) is 9.59 Å². The fourth-order valence-electron chi connectivity index (χ4n) is 3.45. The van der Waals surface area contributed by atoms with Crippen LogP contribution in [0.15, 0.2) is 12.2 Å². The molecule has 0 unspecified atom stereocenters. The highest BCUT2D eigenvalue weighted by Crippen LogP contribution is 2.35. The molecule has 4 nitrogen and oxygen atoms in total. The first-order chi connectivity index (χ1) is 11.9. The summed E-state index contributed by atoms with van der Waals surface area (Å²) in [7, 11) is 0. The Morgan fingerprint density at radius 2 is 1.84 bits per heavy atom. The lowest BCUT2D eigenvalue weighted by Crippen LogP contribution is -2.35. The molecule has 0 bridgehead atoms. The molecule has 0 aromatic rings. The van der Waals surface area contributed by atoms with Gasteiger partial charge in [-0.1, -0.05) is 46.3 Å². The van der Waals surface area contributed by atoms with E-state index in [1.54, 1.807) is 0 Å². The zero-order valence-electron chi connectivity index (χ0n) is 16.5. The smallest absolute Gasteiger partial charge is 0.306 e. The summed E-state index contributed by atoms with van der Waals surface area (Å²) in [4.78, 5) is 23.7. The molecular weight excluding hydrogens is 316 g/mol. The van der Waals surface area contributed by atoms with E-state index in [2.05, 4.69) is 33.8 Å². The molecule has 0 aliphatic heterocycles. The summed E-state index contributed by atoms with van der Waals surface area (Å²) >= 11 is 0. The van der Waals surface area contributed by atoms with Crippen LogP contribution in [-0.4, -0.2) is 24.6 Å². The minimum absolute atomic E-state index is 0.0357. The van der Waals surface area contributed by atoms with Crippen molar-refractivity contribution < 1.29 is 19.1 Å². The molecule has 0 heterocycles. The van der Waals surface area contributed by atoms with Crippen molar-refractivity contribution in [2.24, 2.45) is 17.8 Å². The van der Waals surface area contributed by atoms with Gasteiger partial charge in [0.25, 0.3) is 0 Å². The van der Waals surface area contributed by atoms with Crippen LogP contribution in [0, 0.1) is 17.8 Å². The maximum absolute atomic E-state index is 12.1. The predicted octanol–water partition coefficient (Wildman–Crippen LogP) is 5.06. The Balaban J connectivity index is 2.22. The van der Waals surface area contributed by atoms with E-state index in [1.807, 2.05) is 6.08 Å². The van der Waals surface area contributed by atoms with Gasteiger partial charge >= 0.3 is 11.9 Å². The van der Waals surface area contributed by atoms with Crippen LogP contribution in [0.4, 0.5) is 0 Å². The Bertz CT molecular complexity index is 428. The Hall–Kier alpha value is -1.32. The first-order valence-electron chi connectivity index (χ1n) is 9.94. The van der Waals surface area contributed by atoms with Gasteiger partial charge in [-0.25, -0.2) is 0 Å². The third kappa shape index (κ3) is 9.08. The van der Waals surface area contributed by atoms with Crippen molar-refractivity contribution in [2.45, 2.75) is 85.2 Å². The highest BCUT2D eigenvalue weighted by atomic mass is 16.5. The molecule has 1 aliphatic rings. The highest BCUT2D eigenvalue weighted by molar-refractivity contribution is 5.72. The lowest BCUT2D eigenvalue weighted by atomic mass is 9.75. The number of allylic oxidation sites excluding steroid dienone is 1. The predicted molar refractivity (Wildman–Crippen MR) is 100 cm³/mol. The Kier molecular flexibility index (Phi) is 10.5. The summed E-state index contributed by atoms with van der Waals surface area (Å²) in [6.45, 7) is 9.11. The highest BCUT2D eigenvalue weighted by Gasteiger charge is 2.33. The molecule has 1 saturated carbocycles. The van der Waals surface area contributed by atoms with Crippen molar-refractivity contribution in [3.05, 3.63) is 12.2 Å². The summed E-state index contributed by atoms with van der Waals surface area (Å²) in [5, 5.41) is 0. The molecule has 1 aliphatic carbocycles. The zero-order chi connectivity index (χ0) is 18.7. The van der Waals surface area contributed by atoms with Gasteiger partial charge in [0.05, 0.1) is 6.61 Å². The molecular formula is C21H36O4. The van der Waals surface area contributed by atoms with Gasteiger partial charge in [0, 0.05) is 12.8 Å². The topological polar surface area (TPSA) is 52.6 Å². The van der Waals surface area contributed by atoms with Crippen molar-refractivity contribution in [3.63, 3.8) is 0 Å². The molecule has 0 aromatic carbocycles. The van der Waals surface area contributed by atoms with Crippen LogP contribution in [0.2, 0.25) is 0 Å². The van der Waals surface area contributed by atoms with Crippen molar-refractivity contribution in [1.29, 1.82) is 0 Å². The number of carbonyl (C=O) groups excluding carboxylic acids is 2. The SMILES string of the molecule is CC/C=C\CCOC(=O)CCCC(=O)O[C@H]1C[C@@H](C)CC[C@@H]1C(C)C. The maximum atomic E-state index is 12.1. The van der Waals surface area contributed by atoms with Crippen LogP contribution in [0.5, 0.6) is 0 Å². The second-order valence-corrected chi connectivity index (χ2v) is 7.60. The largest absolute Gasteiger partial charge is 0.465 e. The van der Waals surface area contributed by atoms with Gasteiger partial charge < -0.3 is 9.47 Å².